The Morgan fingerprint density at radius 2 is 1.95 bits per heavy atom. The molecule has 3 aromatic rings. The lowest BCUT2D eigenvalue weighted by atomic mass is 9.94. The van der Waals surface area contributed by atoms with Gasteiger partial charge in [-0.2, -0.15) is 0 Å². The number of aromatic nitrogens is 2. The fourth-order valence-electron chi connectivity index (χ4n) is 5.11. The van der Waals surface area contributed by atoms with Gasteiger partial charge < -0.3 is 24.0 Å². The highest BCUT2D eigenvalue weighted by molar-refractivity contribution is 6.46. The number of imidazole rings is 1. The van der Waals surface area contributed by atoms with Crippen LogP contribution in [0.3, 0.4) is 0 Å². The van der Waals surface area contributed by atoms with Crippen molar-refractivity contribution in [1.29, 1.82) is 0 Å². The second-order valence-electron chi connectivity index (χ2n) is 9.87. The largest absolute Gasteiger partial charge is 0.507 e. The summed E-state index contributed by atoms with van der Waals surface area (Å²) in [5.41, 5.74) is 2.32. The summed E-state index contributed by atoms with van der Waals surface area (Å²) in [7, 11) is 0. The lowest BCUT2D eigenvalue weighted by Crippen LogP contribution is -2.31. The van der Waals surface area contributed by atoms with Gasteiger partial charge in [0.1, 0.15) is 23.4 Å². The molecule has 2 atom stereocenters. The highest BCUT2D eigenvalue weighted by Crippen LogP contribution is 2.41. The summed E-state index contributed by atoms with van der Waals surface area (Å²) in [5.74, 6) is 0.0550. The van der Waals surface area contributed by atoms with Gasteiger partial charge in [0.25, 0.3) is 11.7 Å². The van der Waals surface area contributed by atoms with Crippen molar-refractivity contribution in [2.24, 2.45) is 0 Å². The van der Waals surface area contributed by atoms with Gasteiger partial charge >= 0.3 is 0 Å². The molecule has 3 heterocycles. The molecule has 0 saturated carbocycles. The maximum atomic E-state index is 13.4. The van der Waals surface area contributed by atoms with Crippen LogP contribution in [0, 0.1) is 0 Å². The number of unbranched alkanes of at least 4 members (excludes halogenated alkanes) is 1. The number of aryl methyl sites for hydroxylation is 1. The van der Waals surface area contributed by atoms with Gasteiger partial charge in [0.15, 0.2) is 0 Å². The molecule has 0 radical (unpaired) electrons. The van der Waals surface area contributed by atoms with Gasteiger partial charge in [0.2, 0.25) is 0 Å². The average Bonchev–Trinajstić information content (AvgIpc) is 3.63. The zero-order valence-electron chi connectivity index (χ0n) is 21.8. The molecule has 5 rings (SSSR count). The highest BCUT2D eigenvalue weighted by Gasteiger charge is 2.45. The van der Waals surface area contributed by atoms with Crippen molar-refractivity contribution in [3.05, 3.63) is 83.4 Å². The van der Waals surface area contributed by atoms with Crippen molar-refractivity contribution < 1.29 is 24.2 Å². The van der Waals surface area contributed by atoms with Crippen LogP contribution in [0.2, 0.25) is 0 Å². The fourth-order valence-corrected chi connectivity index (χ4v) is 5.11. The minimum Gasteiger partial charge on any atom is -0.507 e. The summed E-state index contributed by atoms with van der Waals surface area (Å²) in [6, 6.07) is 12.1. The van der Waals surface area contributed by atoms with E-state index in [1.54, 1.807) is 23.5 Å². The number of ketones is 1. The molecule has 2 aliphatic rings. The Labute approximate surface area is 222 Å². The number of aliphatic hydroxyl groups is 1. The van der Waals surface area contributed by atoms with Crippen LogP contribution >= 0.6 is 0 Å². The number of amides is 1. The van der Waals surface area contributed by atoms with E-state index in [4.69, 9.17) is 9.47 Å². The molecule has 0 aliphatic carbocycles. The maximum Gasteiger partial charge on any atom is 0.295 e. The molecule has 2 aliphatic heterocycles. The second-order valence-corrected chi connectivity index (χ2v) is 9.87. The molecule has 1 amide bonds. The molecule has 1 fully saturated rings. The third kappa shape index (κ3) is 5.16. The molecule has 8 nitrogen and oxygen atoms in total. The monoisotopic (exact) mass is 515 g/mol. The smallest absolute Gasteiger partial charge is 0.295 e. The number of carbonyl (C=O) groups is 2. The van der Waals surface area contributed by atoms with Crippen LogP contribution in [0.15, 0.2) is 66.8 Å². The van der Waals surface area contributed by atoms with Gasteiger partial charge in [0, 0.05) is 37.5 Å². The van der Waals surface area contributed by atoms with Crippen LogP contribution in [0.1, 0.15) is 55.8 Å². The van der Waals surface area contributed by atoms with E-state index < -0.39 is 17.7 Å². The van der Waals surface area contributed by atoms with Crippen LogP contribution in [-0.2, 0) is 22.6 Å². The first kappa shape index (κ1) is 25.6. The van der Waals surface area contributed by atoms with Gasteiger partial charge in [-0.15, -0.1) is 0 Å². The normalized spacial score (nSPS) is 20.0. The minimum absolute atomic E-state index is 0.0570. The van der Waals surface area contributed by atoms with E-state index >= 15 is 0 Å². The van der Waals surface area contributed by atoms with E-state index in [2.05, 4.69) is 11.9 Å². The Hall–Kier alpha value is -4.07. The number of ether oxygens (including phenoxy) is 2. The molecule has 1 saturated heterocycles. The number of Topliss-reactive ketones (excluding diaryl/α,β-unsaturated/α-hetero) is 1. The first-order valence-corrected chi connectivity index (χ1v) is 13.2. The fraction of sp³-hybridized carbons (Fsp3) is 0.367. The number of hydrogen-bond donors (Lipinski definition) is 1. The van der Waals surface area contributed by atoms with Gasteiger partial charge in [-0.3, -0.25) is 9.59 Å². The number of rotatable bonds is 10. The molecule has 8 heteroatoms. The number of aliphatic hydroxyl groups excluding tert-OH is 1. The van der Waals surface area contributed by atoms with Gasteiger partial charge in [-0.05, 0) is 61.2 Å². The molecule has 0 bridgehead atoms. The number of carbonyl (C=O) groups excluding carboxylic acids is 2. The molecule has 0 spiro atoms. The number of benzene rings is 2. The van der Waals surface area contributed by atoms with Gasteiger partial charge in [-0.1, -0.05) is 25.5 Å². The van der Waals surface area contributed by atoms with Crippen molar-refractivity contribution >= 4 is 17.4 Å². The molecular formula is C30H33N3O5. The summed E-state index contributed by atoms with van der Waals surface area (Å²) in [6.45, 7) is 5.74. The SMILES string of the molecule is CCCCOc1ccc([C@@H]2/C(=C(\O)c3ccc4c(c3)C[C@H](C)O4)C(=O)C(=O)N2CCCn2ccnc2)cc1. The standard InChI is InChI=1S/C30H33N3O5/c1-3-4-16-37-24-9-6-21(7-10-24)27-26(28(34)22-8-11-25-23(18-22)17-20(2)38-25)29(35)30(36)33(27)14-5-13-32-15-12-31-19-32/h6-12,15,18-20,27,34H,3-5,13-14,16-17H2,1-2H3/b28-26+/t20-,27+/m0/s1. The van der Waals surface area contributed by atoms with Crippen molar-refractivity contribution in [1.82, 2.24) is 14.5 Å². The Morgan fingerprint density at radius 1 is 1.13 bits per heavy atom. The third-order valence-corrected chi connectivity index (χ3v) is 7.05. The number of nitrogens with zero attached hydrogens (tertiary/aromatic N) is 3. The number of fused-ring (bicyclic) bond motifs is 1. The predicted molar refractivity (Wildman–Crippen MR) is 143 cm³/mol. The van der Waals surface area contributed by atoms with Gasteiger partial charge in [-0.25, -0.2) is 4.98 Å². The van der Waals surface area contributed by atoms with E-state index in [1.165, 1.54) is 0 Å². The Kier molecular flexibility index (Phi) is 7.49. The first-order valence-electron chi connectivity index (χ1n) is 13.2. The second kappa shape index (κ2) is 11.1. The maximum absolute atomic E-state index is 13.4. The minimum atomic E-state index is -0.703. The molecule has 198 valence electrons. The van der Waals surface area contributed by atoms with Crippen molar-refractivity contribution in [3.63, 3.8) is 0 Å². The topological polar surface area (TPSA) is 93.9 Å². The zero-order chi connectivity index (χ0) is 26.6. The van der Waals surface area contributed by atoms with E-state index in [0.717, 1.165) is 41.9 Å². The first-order chi connectivity index (χ1) is 18.5. The Balaban J connectivity index is 1.48. The summed E-state index contributed by atoms with van der Waals surface area (Å²) in [4.78, 5) is 32.3. The molecule has 38 heavy (non-hydrogen) atoms. The van der Waals surface area contributed by atoms with E-state index in [-0.39, 0.29) is 17.4 Å². The van der Waals surface area contributed by atoms with E-state index in [9.17, 15) is 14.7 Å². The lowest BCUT2D eigenvalue weighted by Gasteiger charge is -2.25. The zero-order valence-corrected chi connectivity index (χ0v) is 21.8. The van der Waals surface area contributed by atoms with E-state index in [0.29, 0.717) is 31.7 Å². The van der Waals surface area contributed by atoms with Crippen molar-refractivity contribution in [2.45, 2.75) is 58.2 Å². The lowest BCUT2D eigenvalue weighted by molar-refractivity contribution is -0.139. The molecule has 1 aromatic heterocycles. The summed E-state index contributed by atoms with van der Waals surface area (Å²) in [5, 5.41) is 11.4. The van der Waals surface area contributed by atoms with Crippen LogP contribution in [0.4, 0.5) is 0 Å². The van der Waals surface area contributed by atoms with Crippen LogP contribution in [-0.4, -0.2) is 50.5 Å². The van der Waals surface area contributed by atoms with Gasteiger partial charge in [0.05, 0.1) is 24.5 Å². The van der Waals surface area contributed by atoms with Crippen LogP contribution in [0.25, 0.3) is 5.76 Å². The number of likely N-dealkylation sites (tertiary alicyclic amines) is 1. The van der Waals surface area contributed by atoms with E-state index in [1.807, 2.05) is 54.1 Å². The summed E-state index contributed by atoms with van der Waals surface area (Å²) in [6.07, 6.45) is 8.71. The molecule has 0 unspecified atom stereocenters. The average molecular weight is 516 g/mol. The predicted octanol–water partition coefficient (Wildman–Crippen LogP) is 4.90. The number of hydrogen-bond acceptors (Lipinski definition) is 6. The van der Waals surface area contributed by atoms with Crippen LogP contribution < -0.4 is 9.47 Å². The summed E-state index contributed by atoms with van der Waals surface area (Å²) < 4.78 is 13.5. The Bertz CT molecular complexity index is 1330. The molecular weight excluding hydrogens is 482 g/mol. The van der Waals surface area contributed by atoms with Crippen molar-refractivity contribution in [3.8, 4) is 11.5 Å². The molecule has 2 aromatic carbocycles. The quantitative estimate of drug-likeness (QED) is 0.179. The third-order valence-electron chi connectivity index (χ3n) is 7.05. The van der Waals surface area contributed by atoms with Crippen LogP contribution in [0.5, 0.6) is 11.5 Å². The Morgan fingerprint density at radius 3 is 2.68 bits per heavy atom. The van der Waals surface area contributed by atoms with Crippen molar-refractivity contribution in [2.75, 3.05) is 13.2 Å². The highest BCUT2D eigenvalue weighted by atomic mass is 16.5. The summed E-state index contributed by atoms with van der Waals surface area (Å²) >= 11 is 0. The molecule has 1 N–H and O–H groups in total.